The molecule has 0 bridgehead atoms. The van der Waals surface area contributed by atoms with Crippen molar-refractivity contribution < 1.29 is 12.8 Å². The van der Waals surface area contributed by atoms with Gasteiger partial charge in [0.1, 0.15) is 11.1 Å². The van der Waals surface area contributed by atoms with Gasteiger partial charge in [-0.1, -0.05) is 12.1 Å². The van der Waals surface area contributed by atoms with Crippen LogP contribution in [-0.2, 0) is 9.84 Å². The van der Waals surface area contributed by atoms with Gasteiger partial charge in [0.25, 0.3) is 0 Å². The van der Waals surface area contributed by atoms with Crippen molar-refractivity contribution in [3.8, 4) is 0 Å². The van der Waals surface area contributed by atoms with E-state index in [9.17, 15) is 12.8 Å². The van der Waals surface area contributed by atoms with E-state index in [0.29, 0.717) is 24.2 Å². The summed E-state index contributed by atoms with van der Waals surface area (Å²) >= 11 is 0. The zero-order valence-corrected chi connectivity index (χ0v) is 9.67. The Balaban J connectivity index is 2.48. The summed E-state index contributed by atoms with van der Waals surface area (Å²) in [4.78, 5) is 4.06. The van der Waals surface area contributed by atoms with Gasteiger partial charge in [-0.3, -0.25) is 4.99 Å². The van der Waals surface area contributed by atoms with Gasteiger partial charge in [-0.2, -0.15) is 0 Å². The van der Waals surface area contributed by atoms with Crippen molar-refractivity contribution in [1.29, 1.82) is 0 Å². The average Bonchev–Trinajstić information content (AvgIpc) is 2.08. The van der Waals surface area contributed by atoms with Gasteiger partial charge in [-0.15, -0.1) is 0 Å². The van der Waals surface area contributed by atoms with Crippen LogP contribution in [0.1, 0.15) is 17.2 Å². The van der Waals surface area contributed by atoms with Gasteiger partial charge in [-0.05, 0) is 17.7 Å². The Morgan fingerprint density at radius 1 is 1.44 bits per heavy atom. The summed E-state index contributed by atoms with van der Waals surface area (Å²) in [6.45, 7) is 0.663. The molecule has 1 aromatic carbocycles. The fourth-order valence-corrected chi connectivity index (χ4v) is 3.14. The largest absolute Gasteiger partial charge is 0.292 e. The Kier molecular flexibility index (Phi) is 2.80. The molecule has 1 atom stereocenters. The van der Waals surface area contributed by atoms with E-state index in [1.165, 1.54) is 18.2 Å². The maximum absolute atomic E-state index is 13.1. The Morgan fingerprint density at radius 3 is 2.56 bits per heavy atom. The number of hydrogen-bond donors (Lipinski definition) is 0. The highest BCUT2D eigenvalue weighted by atomic mass is 32.2. The number of hydrogen-bond acceptors (Lipinski definition) is 3. The first-order chi connectivity index (χ1) is 7.48. The van der Waals surface area contributed by atoms with Crippen molar-refractivity contribution in [3.63, 3.8) is 0 Å². The third-order valence-electron chi connectivity index (χ3n) is 2.57. The highest BCUT2D eigenvalue weighted by molar-refractivity contribution is 7.91. The van der Waals surface area contributed by atoms with Gasteiger partial charge < -0.3 is 0 Å². The molecule has 0 saturated heterocycles. The molecule has 0 aliphatic carbocycles. The number of halogens is 1. The predicted octanol–water partition coefficient (Wildman–Crippen LogP) is 1.76. The number of benzene rings is 1. The van der Waals surface area contributed by atoms with E-state index in [1.54, 1.807) is 6.07 Å². The Labute approximate surface area is 93.9 Å². The molecule has 3 nitrogen and oxygen atoms in total. The van der Waals surface area contributed by atoms with Crippen molar-refractivity contribution >= 4 is 15.5 Å². The second-order valence-corrected chi connectivity index (χ2v) is 6.02. The molecule has 1 unspecified atom stereocenters. The summed E-state index contributed by atoms with van der Waals surface area (Å²) in [5.41, 5.74) is 1.09. The van der Waals surface area contributed by atoms with Gasteiger partial charge >= 0.3 is 0 Å². The summed E-state index contributed by atoms with van der Waals surface area (Å²) < 4.78 is 36.4. The second kappa shape index (κ2) is 3.97. The van der Waals surface area contributed by atoms with Crippen LogP contribution in [0.2, 0.25) is 0 Å². The third-order valence-corrected chi connectivity index (χ3v) is 3.97. The predicted molar refractivity (Wildman–Crippen MR) is 60.9 cm³/mol. The molecule has 1 aliphatic rings. The van der Waals surface area contributed by atoms with E-state index in [-0.39, 0.29) is 0 Å². The molecular formula is C11H12FNO2S. The van der Waals surface area contributed by atoms with Crippen molar-refractivity contribution in [2.24, 2.45) is 4.99 Å². The van der Waals surface area contributed by atoms with Crippen LogP contribution in [0.5, 0.6) is 0 Å². The molecule has 0 radical (unpaired) electrons. The lowest BCUT2D eigenvalue weighted by molar-refractivity contribution is 0.595. The zero-order chi connectivity index (χ0) is 11.8. The smallest absolute Gasteiger partial charge is 0.159 e. The molecule has 2 rings (SSSR count). The van der Waals surface area contributed by atoms with Crippen LogP contribution in [0.15, 0.2) is 29.3 Å². The van der Waals surface area contributed by atoms with Gasteiger partial charge in [0.2, 0.25) is 0 Å². The first-order valence-electron chi connectivity index (χ1n) is 4.96. The minimum Gasteiger partial charge on any atom is -0.292 e. The van der Waals surface area contributed by atoms with Crippen LogP contribution in [0.25, 0.3) is 0 Å². The summed E-state index contributed by atoms with van der Waals surface area (Å²) in [6, 6.07) is 5.69. The Morgan fingerprint density at radius 2 is 2.12 bits per heavy atom. The third kappa shape index (κ3) is 2.14. The summed E-state index contributed by atoms with van der Waals surface area (Å²) in [5, 5.41) is -0.781. The van der Waals surface area contributed by atoms with E-state index >= 15 is 0 Å². The van der Waals surface area contributed by atoms with Crippen LogP contribution < -0.4 is 0 Å². The average molecular weight is 241 g/mol. The highest BCUT2D eigenvalue weighted by Crippen LogP contribution is 2.28. The fraction of sp³-hybridized carbons (Fsp3) is 0.364. The summed E-state index contributed by atoms with van der Waals surface area (Å²) in [5.74, 6) is -0.425. The van der Waals surface area contributed by atoms with Crippen molar-refractivity contribution in [2.75, 3.05) is 12.8 Å². The lowest BCUT2D eigenvalue weighted by Gasteiger charge is -2.22. The van der Waals surface area contributed by atoms with Crippen LogP contribution in [0.3, 0.4) is 0 Å². The molecular weight excluding hydrogens is 229 g/mol. The van der Waals surface area contributed by atoms with E-state index in [2.05, 4.69) is 4.99 Å². The lowest BCUT2D eigenvalue weighted by atomic mass is 10.0. The molecule has 0 fully saturated rings. The van der Waals surface area contributed by atoms with E-state index < -0.39 is 20.9 Å². The molecule has 0 amide bonds. The SMILES string of the molecule is CS(=O)(=O)C(C1=NCC1)c1cccc(F)c1. The molecule has 0 aromatic heterocycles. The van der Waals surface area contributed by atoms with E-state index in [4.69, 9.17) is 0 Å². The molecule has 1 heterocycles. The Bertz CT molecular complexity index is 537. The summed E-state index contributed by atoms with van der Waals surface area (Å²) in [6.07, 6.45) is 1.83. The number of sulfone groups is 1. The number of rotatable bonds is 3. The molecule has 16 heavy (non-hydrogen) atoms. The molecule has 0 saturated carbocycles. The molecule has 0 N–H and O–H groups in total. The highest BCUT2D eigenvalue weighted by Gasteiger charge is 2.31. The topological polar surface area (TPSA) is 46.5 Å². The van der Waals surface area contributed by atoms with Crippen molar-refractivity contribution in [3.05, 3.63) is 35.6 Å². The van der Waals surface area contributed by atoms with E-state index in [0.717, 1.165) is 6.26 Å². The van der Waals surface area contributed by atoms with Crippen LogP contribution >= 0.6 is 0 Å². The van der Waals surface area contributed by atoms with Crippen LogP contribution in [-0.4, -0.2) is 26.9 Å². The van der Waals surface area contributed by atoms with Gasteiger partial charge in [0.05, 0.1) is 0 Å². The Hall–Kier alpha value is -1.23. The number of aliphatic imine (C=N–C) groups is 1. The first kappa shape index (κ1) is 11.3. The maximum Gasteiger partial charge on any atom is 0.159 e. The van der Waals surface area contributed by atoms with E-state index in [1.807, 2.05) is 0 Å². The van der Waals surface area contributed by atoms with Crippen molar-refractivity contribution in [2.45, 2.75) is 11.7 Å². The normalized spacial score (nSPS) is 17.5. The molecule has 0 spiro atoms. The maximum atomic E-state index is 13.1. The second-order valence-electron chi connectivity index (χ2n) is 3.89. The van der Waals surface area contributed by atoms with Gasteiger partial charge in [0.15, 0.2) is 9.84 Å². The quantitative estimate of drug-likeness (QED) is 0.809. The molecule has 5 heteroatoms. The standard InChI is InChI=1S/C11H12FNO2S/c1-16(14,15)11(10-5-6-13-10)8-3-2-4-9(12)7-8/h2-4,7,11H,5-6H2,1H3. The molecule has 1 aromatic rings. The lowest BCUT2D eigenvalue weighted by Crippen LogP contribution is -2.27. The summed E-state index contributed by atoms with van der Waals surface area (Å²) in [7, 11) is -3.29. The number of nitrogens with zero attached hydrogens (tertiary/aromatic N) is 1. The molecule has 1 aliphatic heterocycles. The minimum atomic E-state index is -3.29. The van der Waals surface area contributed by atoms with Gasteiger partial charge in [-0.25, -0.2) is 12.8 Å². The monoisotopic (exact) mass is 241 g/mol. The molecule has 86 valence electrons. The van der Waals surface area contributed by atoms with Crippen molar-refractivity contribution in [1.82, 2.24) is 0 Å². The van der Waals surface area contributed by atoms with Gasteiger partial charge in [0, 0.05) is 24.9 Å². The van der Waals surface area contributed by atoms with Crippen LogP contribution in [0.4, 0.5) is 4.39 Å². The minimum absolute atomic E-state index is 0.425. The zero-order valence-electron chi connectivity index (χ0n) is 8.85. The van der Waals surface area contributed by atoms with Crippen LogP contribution in [0, 0.1) is 5.82 Å². The first-order valence-corrected chi connectivity index (χ1v) is 6.91. The fourth-order valence-electron chi connectivity index (χ4n) is 1.81.